The fourth-order valence-corrected chi connectivity index (χ4v) is 4.47. The van der Waals surface area contributed by atoms with Gasteiger partial charge in [0.25, 0.3) is 0 Å². The molecular formula is C23H29N3O2. The highest BCUT2D eigenvalue weighted by Crippen LogP contribution is 2.49. The molecule has 148 valence electrons. The Hall–Kier alpha value is -2.56. The summed E-state index contributed by atoms with van der Waals surface area (Å²) in [6.45, 7) is 7.93. The number of nitrogens with one attached hydrogen (secondary N) is 1. The van der Waals surface area contributed by atoms with Crippen LogP contribution in [-0.4, -0.2) is 23.0 Å². The molecule has 0 unspecified atom stereocenters. The number of carbonyl (C=O) groups excluding carboxylic acids is 1. The average Bonchev–Trinajstić information content (AvgIpc) is 3.48. The molecule has 2 heterocycles. The normalized spacial score (nSPS) is 24.0. The molecule has 28 heavy (non-hydrogen) atoms. The maximum absolute atomic E-state index is 12.5. The Kier molecular flexibility index (Phi) is 5.00. The molecule has 0 spiro atoms. The lowest BCUT2D eigenvalue weighted by molar-refractivity contribution is -0.117. The molecule has 5 heteroatoms. The van der Waals surface area contributed by atoms with Crippen LogP contribution in [0.5, 0.6) is 5.88 Å². The second-order valence-corrected chi connectivity index (χ2v) is 8.28. The van der Waals surface area contributed by atoms with E-state index in [0.29, 0.717) is 11.8 Å². The molecule has 4 rings (SSSR count). The number of amides is 1. The summed E-state index contributed by atoms with van der Waals surface area (Å²) in [5, 5.41) is 3.64. The van der Waals surface area contributed by atoms with Crippen molar-refractivity contribution in [3.8, 4) is 5.88 Å². The molecule has 5 nitrogen and oxygen atoms in total. The van der Waals surface area contributed by atoms with Crippen LogP contribution in [0.1, 0.15) is 52.1 Å². The van der Waals surface area contributed by atoms with Gasteiger partial charge >= 0.3 is 0 Å². The van der Waals surface area contributed by atoms with Gasteiger partial charge in [-0.25, -0.2) is 0 Å². The number of fused-ring (bicyclic) bond motifs is 1. The number of hydrogen-bond donors (Lipinski definition) is 1. The van der Waals surface area contributed by atoms with Crippen molar-refractivity contribution in [1.82, 2.24) is 4.98 Å². The van der Waals surface area contributed by atoms with Crippen LogP contribution in [0.2, 0.25) is 0 Å². The number of carbonyl (C=O) groups is 1. The van der Waals surface area contributed by atoms with Gasteiger partial charge in [0.2, 0.25) is 11.8 Å². The Morgan fingerprint density at radius 3 is 2.61 bits per heavy atom. The van der Waals surface area contributed by atoms with E-state index in [2.05, 4.69) is 29.4 Å². The van der Waals surface area contributed by atoms with E-state index in [1.165, 1.54) is 12.8 Å². The second-order valence-electron chi connectivity index (χ2n) is 8.28. The summed E-state index contributed by atoms with van der Waals surface area (Å²) < 4.78 is 5.75. The van der Waals surface area contributed by atoms with E-state index in [1.54, 1.807) is 6.92 Å². The molecule has 1 aliphatic carbocycles. The number of hydrogen-bond acceptors (Lipinski definition) is 4. The van der Waals surface area contributed by atoms with Crippen molar-refractivity contribution in [2.45, 2.75) is 58.7 Å². The second kappa shape index (κ2) is 7.46. The van der Waals surface area contributed by atoms with Crippen LogP contribution < -0.4 is 15.0 Å². The third-order valence-corrected chi connectivity index (χ3v) is 5.72. The van der Waals surface area contributed by atoms with Crippen LogP contribution in [0.3, 0.4) is 0 Å². The predicted molar refractivity (Wildman–Crippen MR) is 112 cm³/mol. The summed E-state index contributed by atoms with van der Waals surface area (Å²) in [6.07, 6.45) is 2.48. The maximum Gasteiger partial charge on any atom is 0.224 e. The molecule has 1 aromatic carbocycles. The van der Waals surface area contributed by atoms with Crippen molar-refractivity contribution >= 4 is 17.4 Å². The van der Waals surface area contributed by atoms with E-state index in [0.717, 1.165) is 17.1 Å². The van der Waals surface area contributed by atoms with Gasteiger partial charge in [-0.2, -0.15) is 4.98 Å². The number of pyridine rings is 1. The minimum absolute atomic E-state index is 0.0838. The smallest absolute Gasteiger partial charge is 0.224 e. The third-order valence-electron chi connectivity index (χ3n) is 5.72. The SMILES string of the molecule is CC(=O)N1c2ccccc2[C@H](Nc2cccc(OC(C)C)n2)[C@@H](C)[C@@H]1C1CC1. The van der Waals surface area contributed by atoms with Crippen LogP contribution >= 0.6 is 0 Å². The largest absolute Gasteiger partial charge is 0.475 e. The number of anilines is 2. The summed E-state index contributed by atoms with van der Waals surface area (Å²) in [5.74, 6) is 2.42. The lowest BCUT2D eigenvalue weighted by Gasteiger charge is -2.45. The first-order valence-electron chi connectivity index (χ1n) is 10.2. The molecule has 1 N–H and O–H groups in total. The summed E-state index contributed by atoms with van der Waals surface area (Å²) in [6, 6.07) is 14.4. The van der Waals surface area contributed by atoms with Crippen molar-refractivity contribution in [2.75, 3.05) is 10.2 Å². The third kappa shape index (κ3) is 3.58. The highest BCUT2D eigenvalue weighted by atomic mass is 16.5. The predicted octanol–water partition coefficient (Wildman–Crippen LogP) is 4.80. The van der Waals surface area contributed by atoms with Crippen LogP contribution in [0.4, 0.5) is 11.5 Å². The minimum Gasteiger partial charge on any atom is -0.475 e. The number of aromatic nitrogens is 1. The number of rotatable bonds is 5. The van der Waals surface area contributed by atoms with Crippen LogP contribution in [0.25, 0.3) is 0 Å². The van der Waals surface area contributed by atoms with Gasteiger partial charge < -0.3 is 15.0 Å². The first-order valence-corrected chi connectivity index (χ1v) is 10.2. The molecule has 0 bridgehead atoms. The van der Waals surface area contributed by atoms with Gasteiger partial charge in [-0.3, -0.25) is 4.79 Å². The van der Waals surface area contributed by atoms with E-state index >= 15 is 0 Å². The molecule has 1 saturated carbocycles. The number of benzene rings is 1. The van der Waals surface area contributed by atoms with Gasteiger partial charge in [0.1, 0.15) is 5.82 Å². The van der Waals surface area contributed by atoms with Crippen molar-refractivity contribution in [2.24, 2.45) is 11.8 Å². The number of nitrogens with zero attached hydrogens (tertiary/aromatic N) is 2. The molecule has 1 aliphatic heterocycles. The quantitative estimate of drug-likeness (QED) is 0.810. The topological polar surface area (TPSA) is 54.5 Å². The zero-order valence-corrected chi connectivity index (χ0v) is 17.1. The average molecular weight is 380 g/mol. The maximum atomic E-state index is 12.5. The van der Waals surface area contributed by atoms with E-state index in [4.69, 9.17) is 4.74 Å². The zero-order valence-electron chi connectivity index (χ0n) is 17.1. The van der Waals surface area contributed by atoms with Gasteiger partial charge in [0.15, 0.2) is 0 Å². The fourth-order valence-electron chi connectivity index (χ4n) is 4.47. The number of ether oxygens (including phenoxy) is 1. The molecule has 2 aliphatic rings. The summed E-state index contributed by atoms with van der Waals surface area (Å²) in [4.78, 5) is 19.2. The van der Waals surface area contributed by atoms with Crippen molar-refractivity contribution < 1.29 is 9.53 Å². The summed E-state index contributed by atoms with van der Waals surface area (Å²) >= 11 is 0. The molecule has 2 aromatic rings. The molecule has 1 aromatic heterocycles. The molecule has 3 atom stereocenters. The molecule has 1 fully saturated rings. The Bertz CT molecular complexity index is 862. The van der Waals surface area contributed by atoms with Crippen molar-refractivity contribution in [3.05, 3.63) is 48.0 Å². The fraction of sp³-hybridized carbons (Fsp3) is 0.478. The van der Waals surface area contributed by atoms with Crippen LogP contribution in [0, 0.1) is 11.8 Å². The first kappa shape index (κ1) is 18.8. The Morgan fingerprint density at radius 2 is 1.93 bits per heavy atom. The van der Waals surface area contributed by atoms with Gasteiger partial charge in [-0.05, 0) is 50.3 Å². The Balaban J connectivity index is 1.70. The molecule has 1 amide bonds. The zero-order chi connectivity index (χ0) is 19.8. The van der Waals surface area contributed by atoms with E-state index in [9.17, 15) is 4.79 Å². The van der Waals surface area contributed by atoms with Crippen LogP contribution in [-0.2, 0) is 4.79 Å². The van der Waals surface area contributed by atoms with Crippen LogP contribution in [0.15, 0.2) is 42.5 Å². The van der Waals surface area contributed by atoms with E-state index in [-0.39, 0.29) is 30.0 Å². The summed E-state index contributed by atoms with van der Waals surface area (Å²) in [5.41, 5.74) is 2.18. The van der Waals surface area contributed by atoms with E-state index in [1.807, 2.05) is 49.1 Å². The van der Waals surface area contributed by atoms with Crippen molar-refractivity contribution in [3.63, 3.8) is 0 Å². The molecule has 0 radical (unpaired) electrons. The lowest BCUT2D eigenvalue weighted by atomic mass is 9.80. The Labute approximate surface area is 167 Å². The summed E-state index contributed by atoms with van der Waals surface area (Å²) in [7, 11) is 0. The Morgan fingerprint density at radius 1 is 1.18 bits per heavy atom. The highest BCUT2D eigenvalue weighted by Gasteiger charge is 2.47. The van der Waals surface area contributed by atoms with Gasteiger partial charge in [0, 0.05) is 30.6 Å². The van der Waals surface area contributed by atoms with Gasteiger partial charge in [-0.15, -0.1) is 0 Å². The standard InChI is InChI=1S/C23H29N3O2/c1-14(2)28-21-11-7-10-20(24-21)25-22-15(3)23(17-12-13-17)26(16(4)27)19-9-6-5-8-18(19)22/h5-11,14-15,17,22-23H,12-13H2,1-4H3,(H,24,25)/t15-,22-,23-/m1/s1. The minimum atomic E-state index is 0.0838. The lowest BCUT2D eigenvalue weighted by Crippen LogP contribution is -2.51. The van der Waals surface area contributed by atoms with E-state index < -0.39 is 0 Å². The molecule has 0 saturated heterocycles. The van der Waals surface area contributed by atoms with Crippen molar-refractivity contribution in [1.29, 1.82) is 0 Å². The first-order chi connectivity index (χ1) is 13.5. The highest BCUT2D eigenvalue weighted by molar-refractivity contribution is 5.94. The van der Waals surface area contributed by atoms with Gasteiger partial charge in [-0.1, -0.05) is 31.2 Å². The molecular weight excluding hydrogens is 350 g/mol. The number of para-hydroxylation sites is 1. The van der Waals surface area contributed by atoms with Gasteiger partial charge in [0.05, 0.1) is 12.1 Å². The monoisotopic (exact) mass is 379 g/mol.